The molecule has 0 aliphatic rings. The normalized spacial score (nSPS) is 11.9. The van der Waals surface area contributed by atoms with E-state index in [4.69, 9.17) is 4.18 Å². The lowest BCUT2D eigenvalue weighted by atomic mass is 9.96. The number of hydrogen-bond donors (Lipinski definition) is 0. The molecule has 4 aromatic carbocycles. The fourth-order valence-corrected chi connectivity index (χ4v) is 4.28. The van der Waals surface area contributed by atoms with E-state index in [9.17, 15) is 8.42 Å². The van der Waals surface area contributed by atoms with Crippen molar-refractivity contribution in [1.82, 2.24) is 0 Å². The summed E-state index contributed by atoms with van der Waals surface area (Å²) >= 11 is 0. The zero-order valence-electron chi connectivity index (χ0n) is 15.1. The van der Waals surface area contributed by atoms with Gasteiger partial charge in [0.2, 0.25) is 0 Å². The van der Waals surface area contributed by atoms with Gasteiger partial charge in [-0.2, -0.15) is 8.42 Å². The highest BCUT2D eigenvalue weighted by Gasteiger charge is 2.15. The molecule has 3 nitrogen and oxygen atoms in total. The average Bonchev–Trinajstić information content (AvgIpc) is 2.68. The predicted octanol–water partition coefficient (Wildman–Crippen LogP) is 5.25. The predicted molar refractivity (Wildman–Crippen MR) is 109 cm³/mol. The second-order valence-corrected chi connectivity index (χ2v) is 8.26. The molecule has 136 valence electrons. The molecule has 27 heavy (non-hydrogen) atoms. The van der Waals surface area contributed by atoms with Gasteiger partial charge in [-0.05, 0) is 52.6 Å². The average molecular weight is 376 g/mol. The minimum absolute atomic E-state index is 0.110. The summed E-state index contributed by atoms with van der Waals surface area (Å²) in [5, 5.41) is 4.65. The van der Waals surface area contributed by atoms with E-state index in [1.54, 1.807) is 24.3 Å². The third-order valence-electron chi connectivity index (χ3n) is 4.77. The van der Waals surface area contributed by atoms with Crippen LogP contribution in [0.5, 0.6) is 0 Å². The second kappa shape index (κ2) is 7.14. The van der Waals surface area contributed by atoms with E-state index in [0.29, 0.717) is 6.42 Å². The summed E-state index contributed by atoms with van der Waals surface area (Å²) < 4.78 is 30.1. The molecule has 0 atom stereocenters. The Morgan fingerprint density at radius 2 is 1.41 bits per heavy atom. The van der Waals surface area contributed by atoms with Gasteiger partial charge in [0.05, 0.1) is 11.5 Å². The Kier molecular flexibility index (Phi) is 4.68. The summed E-state index contributed by atoms with van der Waals surface area (Å²) in [6, 6.07) is 25.3. The van der Waals surface area contributed by atoms with Crippen molar-refractivity contribution < 1.29 is 12.6 Å². The van der Waals surface area contributed by atoms with Crippen LogP contribution in [0.4, 0.5) is 0 Å². The van der Waals surface area contributed by atoms with Crippen LogP contribution in [-0.2, 0) is 20.7 Å². The molecule has 0 aliphatic carbocycles. The van der Waals surface area contributed by atoms with Crippen LogP contribution in [0.2, 0.25) is 0 Å². The number of fused-ring (bicyclic) bond motifs is 3. The van der Waals surface area contributed by atoms with Crippen LogP contribution >= 0.6 is 0 Å². The SMILES string of the molecule is Cc1ccc(S(=O)(=O)OCCc2cc3ccccc3c3ccccc23)cc1. The third-order valence-corrected chi connectivity index (χ3v) is 6.10. The van der Waals surface area contributed by atoms with Crippen molar-refractivity contribution in [2.24, 2.45) is 0 Å². The monoisotopic (exact) mass is 376 g/mol. The van der Waals surface area contributed by atoms with E-state index in [1.807, 2.05) is 31.2 Å². The summed E-state index contributed by atoms with van der Waals surface area (Å²) in [6.45, 7) is 2.03. The number of aryl methyl sites for hydroxylation is 1. The Hall–Kier alpha value is -2.69. The zero-order chi connectivity index (χ0) is 18.9. The van der Waals surface area contributed by atoms with Gasteiger partial charge in [-0.15, -0.1) is 0 Å². The van der Waals surface area contributed by atoms with E-state index in [-0.39, 0.29) is 11.5 Å². The molecule has 0 fully saturated rings. The van der Waals surface area contributed by atoms with Crippen molar-refractivity contribution >= 4 is 31.7 Å². The first-order valence-corrected chi connectivity index (χ1v) is 10.3. The van der Waals surface area contributed by atoms with Gasteiger partial charge in [0.15, 0.2) is 0 Å². The van der Waals surface area contributed by atoms with Crippen LogP contribution in [0.15, 0.2) is 83.8 Å². The molecule has 4 heteroatoms. The van der Waals surface area contributed by atoms with Crippen molar-refractivity contribution in [2.75, 3.05) is 6.61 Å². The minimum atomic E-state index is -3.74. The molecule has 0 aliphatic heterocycles. The molecule has 0 N–H and O–H groups in total. The lowest BCUT2D eigenvalue weighted by Gasteiger charge is -2.11. The Balaban J connectivity index is 1.61. The van der Waals surface area contributed by atoms with Crippen LogP contribution in [-0.4, -0.2) is 15.0 Å². The van der Waals surface area contributed by atoms with Gasteiger partial charge in [0.1, 0.15) is 0 Å². The topological polar surface area (TPSA) is 43.4 Å². The zero-order valence-corrected chi connectivity index (χ0v) is 15.9. The molecule has 0 unspecified atom stereocenters. The molecule has 0 spiro atoms. The molecular weight excluding hydrogens is 356 g/mol. The first kappa shape index (κ1) is 17.7. The lowest BCUT2D eigenvalue weighted by molar-refractivity contribution is 0.322. The molecule has 0 heterocycles. The number of benzene rings is 4. The Morgan fingerprint density at radius 1 is 0.778 bits per heavy atom. The van der Waals surface area contributed by atoms with E-state index in [1.165, 1.54) is 10.8 Å². The van der Waals surface area contributed by atoms with Crippen LogP contribution in [0.3, 0.4) is 0 Å². The molecule has 0 radical (unpaired) electrons. The molecule has 0 amide bonds. The van der Waals surface area contributed by atoms with Crippen molar-refractivity contribution in [2.45, 2.75) is 18.2 Å². The van der Waals surface area contributed by atoms with E-state index in [0.717, 1.165) is 21.9 Å². The van der Waals surface area contributed by atoms with Gasteiger partial charge in [-0.25, -0.2) is 0 Å². The molecule has 0 bridgehead atoms. The number of hydrogen-bond acceptors (Lipinski definition) is 3. The second-order valence-electron chi connectivity index (χ2n) is 6.64. The maximum absolute atomic E-state index is 12.4. The van der Waals surface area contributed by atoms with E-state index in [2.05, 4.69) is 30.3 Å². The van der Waals surface area contributed by atoms with Gasteiger partial charge < -0.3 is 0 Å². The van der Waals surface area contributed by atoms with Crippen LogP contribution in [0.25, 0.3) is 21.5 Å². The van der Waals surface area contributed by atoms with Crippen molar-refractivity contribution in [3.05, 3.63) is 90.0 Å². The minimum Gasteiger partial charge on any atom is -0.266 e. The standard InChI is InChI=1S/C23H20O3S/c1-17-10-12-20(13-11-17)27(24,25)26-15-14-19-16-18-6-2-3-7-21(18)23-9-5-4-8-22(19)23/h2-13,16H,14-15H2,1H3. The summed E-state index contributed by atoms with van der Waals surface area (Å²) in [5.74, 6) is 0. The molecule has 0 saturated heterocycles. The van der Waals surface area contributed by atoms with Gasteiger partial charge >= 0.3 is 0 Å². The van der Waals surface area contributed by atoms with Gasteiger partial charge in [-0.1, -0.05) is 72.3 Å². The molecule has 4 aromatic rings. The largest absolute Gasteiger partial charge is 0.296 e. The summed E-state index contributed by atoms with van der Waals surface area (Å²) in [5.41, 5.74) is 2.10. The maximum Gasteiger partial charge on any atom is 0.296 e. The quantitative estimate of drug-likeness (QED) is 0.353. The van der Waals surface area contributed by atoms with Crippen LogP contribution < -0.4 is 0 Å². The van der Waals surface area contributed by atoms with E-state index >= 15 is 0 Å². The Bertz CT molecular complexity index is 1210. The van der Waals surface area contributed by atoms with Crippen molar-refractivity contribution in [3.8, 4) is 0 Å². The molecule has 0 saturated carbocycles. The van der Waals surface area contributed by atoms with Gasteiger partial charge in [-0.3, -0.25) is 4.18 Å². The summed E-state index contributed by atoms with van der Waals surface area (Å²) in [4.78, 5) is 0.191. The first-order valence-electron chi connectivity index (χ1n) is 8.90. The van der Waals surface area contributed by atoms with Gasteiger partial charge in [0.25, 0.3) is 10.1 Å². The van der Waals surface area contributed by atoms with E-state index < -0.39 is 10.1 Å². The summed E-state index contributed by atoms with van der Waals surface area (Å²) in [7, 11) is -3.74. The molecular formula is C23H20O3S. The fraction of sp³-hybridized carbons (Fsp3) is 0.130. The first-order chi connectivity index (χ1) is 13.0. The Morgan fingerprint density at radius 3 is 2.15 bits per heavy atom. The highest BCUT2D eigenvalue weighted by atomic mass is 32.2. The van der Waals surface area contributed by atoms with Crippen LogP contribution in [0, 0.1) is 6.92 Å². The highest BCUT2D eigenvalue weighted by molar-refractivity contribution is 7.86. The lowest BCUT2D eigenvalue weighted by Crippen LogP contribution is -2.09. The molecule has 0 aromatic heterocycles. The fourth-order valence-electron chi connectivity index (χ4n) is 3.37. The number of rotatable bonds is 5. The van der Waals surface area contributed by atoms with Crippen molar-refractivity contribution in [3.63, 3.8) is 0 Å². The molecule has 4 rings (SSSR count). The third kappa shape index (κ3) is 3.59. The maximum atomic E-state index is 12.4. The smallest absolute Gasteiger partial charge is 0.266 e. The highest BCUT2D eigenvalue weighted by Crippen LogP contribution is 2.29. The summed E-state index contributed by atoms with van der Waals surface area (Å²) in [6.07, 6.45) is 0.524. The Labute approximate surface area is 159 Å². The van der Waals surface area contributed by atoms with Crippen LogP contribution in [0.1, 0.15) is 11.1 Å². The van der Waals surface area contributed by atoms with Crippen molar-refractivity contribution in [1.29, 1.82) is 0 Å². The van der Waals surface area contributed by atoms with Gasteiger partial charge in [0, 0.05) is 0 Å².